The summed E-state index contributed by atoms with van der Waals surface area (Å²) in [6.45, 7) is 9.02. The Morgan fingerprint density at radius 1 is 1.26 bits per heavy atom. The van der Waals surface area contributed by atoms with Gasteiger partial charge in [0.15, 0.2) is 6.61 Å². The first-order valence-electron chi connectivity index (χ1n) is 7.69. The molecule has 2 aromatic rings. The van der Waals surface area contributed by atoms with Crippen molar-refractivity contribution in [3.63, 3.8) is 0 Å². The SMILES string of the molecule is CCCn1nnnc1NC(=O)COc1ccc(C(C)(C)C)cc1. The predicted octanol–water partition coefficient (Wildman–Crippen LogP) is 2.40. The molecular weight excluding hydrogens is 294 g/mol. The fraction of sp³-hybridized carbons (Fsp3) is 0.500. The molecule has 0 radical (unpaired) electrons. The van der Waals surface area contributed by atoms with Crippen LogP contribution in [0.4, 0.5) is 5.95 Å². The van der Waals surface area contributed by atoms with Crippen molar-refractivity contribution in [3.8, 4) is 5.75 Å². The lowest BCUT2D eigenvalue weighted by atomic mass is 9.87. The van der Waals surface area contributed by atoms with E-state index < -0.39 is 0 Å². The van der Waals surface area contributed by atoms with Crippen LogP contribution in [0.2, 0.25) is 0 Å². The molecule has 0 saturated heterocycles. The van der Waals surface area contributed by atoms with Crippen molar-refractivity contribution in [2.75, 3.05) is 11.9 Å². The molecule has 23 heavy (non-hydrogen) atoms. The average Bonchev–Trinajstić information content (AvgIpc) is 2.92. The van der Waals surface area contributed by atoms with Crippen molar-refractivity contribution >= 4 is 11.9 Å². The van der Waals surface area contributed by atoms with Gasteiger partial charge in [-0.25, -0.2) is 4.68 Å². The number of benzene rings is 1. The smallest absolute Gasteiger partial charge is 0.264 e. The van der Waals surface area contributed by atoms with Gasteiger partial charge in [-0.2, -0.15) is 0 Å². The van der Waals surface area contributed by atoms with Crippen LogP contribution in [-0.4, -0.2) is 32.7 Å². The highest BCUT2D eigenvalue weighted by Crippen LogP contribution is 2.24. The molecule has 1 aromatic carbocycles. The van der Waals surface area contributed by atoms with Gasteiger partial charge < -0.3 is 4.74 Å². The second-order valence-corrected chi connectivity index (χ2v) is 6.34. The van der Waals surface area contributed by atoms with Gasteiger partial charge in [-0.15, -0.1) is 0 Å². The van der Waals surface area contributed by atoms with Crippen LogP contribution >= 0.6 is 0 Å². The zero-order valence-corrected chi connectivity index (χ0v) is 14.0. The summed E-state index contributed by atoms with van der Waals surface area (Å²) in [7, 11) is 0. The first kappa shape index (κ1) is 16.9. The number of carbonyl (C=O) groups excluding carboxylic acids is 1. The molecule has 0 saturated carbocycles. The van der Waals surface area contributed by atoms with Gasteiger partial charge >= 0.3 is 0 Å². The summed E-state index contributed by atoms with van der Waals surface area (Å²) in [5, 5.41) is 13.8. The van der Waals surface area contributed by atoms with E-state index in [1.807, 2.05) is 31.2 Å². The molecule has 7 nitrogen and oxygen atoms in total. The van der Waals surface area contributed by atoms with E-state index in [1.165, 1.54) is 5.56 Å². The second-order valence-electron chi connectivity index (χ2n) is 6.34. The summed E-state index contributed by atoms with van der Waals surface area (Å²) < 4.78 is 7.05. The highest BCUT2D eigenvalue weighted by Gasteiger charge is 2.14. The van der Waals surface area contributed by atoms with E-state index in [-0.39, 0.29) is 17.9 Å². The molecule has 1 aromatic heterocycles. The number of nitrogens with zero attached hydrogens (tertiary/aromatic N) is 4. The predicted molar refractivity (Wildman–Crippen MR) is 87.4 cm³/mol. The van der Waals surface area contributed by atoms with Gasteiger partial charge in [0.1, 0.15) is 5.75 Å². The van der Waals surface area contributed by atoms with E-state index in [0.29, 0.717) is 18.2 Å². The maximum Gasteiger partial charge on any atom is 0.264 e. The Labute approximate surface area is 136 Å². The number of tetrazole rings is 1. The van der Waals surface area contributed by atoms with Gasteiger partial charge in [0, 0.05) is 6.54 Å². The Bertz CT molecular complexity index is 643. The monoisotopic (exact) mass is 317 g/mol. The second kappa shape index (κ2) is 7.21. The summed E-state index contributed by atoms with van der Waals surface area (Å²) in [4.78, 5) is 11.9. The van der Waals surface area contributed by atoms with Crippen LogP contribution in [0.5, 0.6) is 5.75 Å². The van der Waals surface area contributed by atoms with Gasteiger partial charge in [-0.1, -0.05) is 44.9 Å². The largest absolute Gasteiger partial charge is 0.484 e. The number of hydrogen-bond acceptors (Lipinski definition) is 5. The van der Waals surface area contributed by atoms with Crippen molar-refractivity contribution in [1.82, 2.24) is 20.2 Å². The van der Waals surface area contributed by atoms with Crippen LogP contribution in [0, 0.1) is 0 Å². The quantitative estimate of drug-likeness (QED) is 0.884. The molecule has 2 rings (SSSR count). The minimum absolute atomic E-state index is 0.0894. The summed E-state index contributed by atoms with van der Waals surface area (Å²) in [6, 6.07) is 7.76. The van der Waals surface area contributed by atoms with E-state index in [0.717, 1.165) is 6.42 Å². The summed E-state index contributed by atoms with van der Waals surface area (Å²) in [5.41, 5.74) is 1.31. The Morgan fingerprint density at radius 3 is 2.57 bits per heavy atom. The van der Waals surface area contributed by atoms with Crippen LogP contribution in [-0.2, 0) is 16.8 Å². The van der Waals surface area contributed by atoms with Crippen LogP contribution in [0.15, 0.2) is 24.3 Å². The van der Waals surface area contributed by atoms with E-state index in [4.69, 9.17) is 4.74 Å². The molecule has 0 bridgehead atoms. The Hall–Kier alpha value is -2.44. The Kier molecular flexibility index (Phi) is 5.31. The molecule has 0 aliphatic rings. The maximum absolute atomic E-state index is 11.9. The molecule has 0 aliphatic heterocycles. The number of aromatic nitrogens is 4. The summed E-state index contributed by atoms with van der Waals surface area (Å²) >= 11 is 0. The number of aryl methyl sites for hydroxylation is 1. The van der Waals surface area contributed by atoms with E-state index in [1.54, 1.807) is 4.68 Å². The molecular formula is C16H23N5O2. The minimum Gasteiger partial charge on any atom is -0.484 e. The fourth-order valence-corrected chi connectivity index (χ4v) is 2.02. The van der Waals surface area contributed by atoms with Crippen LogP contribution in [0.3, 0.4) is 0 Å². The average molecular weight is 317 g/mol. The number of amides is 1. The highest BCUT2D eigenvalue weighted by atomic mass is 16.5. The molecule has 7 heteroatoms. The summed E-state index contributed by atoms with van der Waals surface area (Å²) in [5.74, 6) is 0.696. The third-order valence-corrected chi connectivity index (χ3v) is 3.31. The molecule has 0 spiro atoms. The number of rotatable bonds is 6. The van der Waals surface area contributed by atoms with Gasteiger partial charge in [0.05, 0.1) is 0 Å². The fourth-order valence-electron chi connectivity index (χ4n) is 2.02. The number of anilines is 1. The van der Waals surface area contributed by atoms with Crippen molar-refractivity contribution in [2.45, 2.75) is 46.1 Å². The molecule has 0 atom stereocenters. The van der Waals surface area contributed by atoms with Crippen LogP contribution in [0.1, 0.15) is 39.7 Å². The molecule has 124 valence electrons. The third-order valence-electron chi connectivity index (χ3n) is 3.31. The van der Waals surface area contributed by atoms with Crippen molar-refractivity contribution in [1.29, 1.82) is 0 Å². The lowest BCUT2D eigenvalue weighted by Crippen LogP contribution is -2.22. The topological polar surface area (TPSA) is 81.9 Å². The lowest BCUT2D eigenvalue weighted by Gasteiger charge is -2.19. The van der Waals surface area contributed by atoms with E-state index >= 15 is 0 Å². The van der Waals surface area contributed by atoms with Gasteiger partial charge in [0.2, 0.25) is 5.95 Å². The molecule has 0 aliphatic carbocycles. The third kappa shape index (κ3) is 4.77. The number of hydrogen-bond donors (Lipinski definition) is 1. The normalized spacial score (nSPS) is 11.3. The number of nitrogens with one attached hydrogen (secondary N) is 1. The van der Waals surface area contributed by atoms with Gasteiger partial charge in [-0.3, -0.25) is 10.1 Å². The lowest BCUT2D eigenvalue weighted by molar-refractivity contribution is -0.118. The van der Waals surface area contributed by atoms with Gasteiger partial charge in [0.25, 0.3) is 5.91 Å². The highest BCUT2D eigenvalue weighted by molar-refractivity contribution is 5.90. The minimum atomic E-state index is -0.294. The number of ether oxygens (including phenoxy) is 1. The van der Waals surface area contributed by atoms with Gasteiger partial charge in [-0.05, 0) is 40.0 Å². The van der Waals surface area contributed by atoms with Crippen molar-refractivity contribution in [2.24, 2.45) is 0 Å². The van der Waals surface area contributed by atoms with Crippen LogP contribution < -0.4 is 10.1 Å². The first-order valence-corrected chi connectivity index (χ1v) is 7.69. The molecule has 1 N–H and O–H groups in total. The standard InChI is InChI=1S/C16H23N5O2/c1-5-10-21-15(18-19-20-21)17-14(22)11-23-13-8-6-12(7-9-13)16(2,3)4/h6-9H,5,10-11H2,1-4H3,(H,17,18,20,22). The number of carbonyl (C=O) groups is 1. The molecule has 0 unspecified atom stereocenters. The molecule has 1 heterocycles. The molecule has 0 fully saturated rings. The first-order chi connectivity index (χ1) is 10.9. The maximum atomic E-state index is 11.9. The zero-order chi connectivity index (χ0) is 16.9. The Morgan fingerprint density at radius 2 is 1.96 bits per heavy atom. The van der Waals surface area contributed by atoms with Crippen molar-refractivity contribution < 1.29 is 9.53 Å². The van der Waals surface area contributed by atoms with Crippen molar-refractivity contribution in [3.05, 3.63) is 29.8 Å². The molecule has 1 amide bonds. The zero-order valence-electron chi connectivity index (χ0n) is 14.0. The summed E-state index contributed by atoms with van der Waals surface area (Å²) in [6.07, 6.45) is 0.879. The Balaban J connectivity index is 1.88. The van der Waals surface area contributed by atoms with Crippen LogP contribution in [0.25, 0.3) is 0 Å². The van der Waals surface area contributed by atoms with E-state index in [2.05, 4.69) is 41.6 Å². The van der Waals surface area contributed by atoms with E-state index in [9.17, 15) is 4.79 Å².